The summed E-state index contributed by atoms with van der Waals surface area (Å²) in [5.41, 5.74) is -0.183. The Morgan fingerprint density at radius 3 is 2.61 bits per heavy atom. The number of alkyl halides is 3. The summed E-state index contributed by atoms with van der Waals surface area (Å²) in [5.74, 6) is 1.03. The predicted molar refractivity (Wildman–Crippen MR) is 77.0 cm³/mol. The van der Waals surface area contributed by atoms with E-state index in [1.165, 1.54) is 12.1 Å². The van der Waals surface area contributed by atoms with Gasteiger partial charge in [-0.1, -0.05) is 12.1 Å². The first-order valence-corrected chi connectivity index (χ1v) is 7.14. The van der Waals surface area contributed by atoms with Gasteiger partial charge in [-0.3, -0.25) is 9.36 Å². The van der Waals surface area contributed by atoms with Gasteiger partial charge in [0.1, 0.15) is 17.0 Å². The maximum Gasteiger partial charge on any atom is 0.416 e. The lowest BCUT2D eigenvalue weighted by atomic mass is 10.1. The minimum absolute atomic E-state index is 0.163. The van der Waals surface area contributed by atoms with E-state index in [0.29, 0.717) is 29.1 Å². The molecule has 4 nitrogen and oxygen atoms in total. The normalized spacial score (nSPS) is 14.4. The second-order valence-corrected chi connectivity index (χ2v) is 5.49. The summed E-state index contributed by atoms with van der Waals surface area (Å²) in [4.78, 5) is 16.7. The molecular weight excluding hydrogens is 309 g/mol. The van der Waals surface area contributed by atoms with E-state index in [4.69, 9.17) is 4.42 Å². The Kier molecular flexibility index (Phi) is 2.88. The molecule has 0 amide bonds. The summed E-state index contributed by atoms with van der Waals surface area (Å²) in [7, 11) is 0. The van der Waals surface area contributed by atoms with E-state index in [1.807, 2.05) is 0 Å². The van der Waals surface area contributed by atoms with Crippen LogP contribution in [0.2, 0.25) is 0 Å². The van der Waals surface area contributed by atoms with Gasteiger partial charge in [0, 0.05) is 18.5 Å². The van der Waals surface area contributed by atoms with E-state index in [0.717, 1.165) is 25.0 Å². The number of halogens is 3. The fraction of sp³-hybridized carbons (Fsp3) is 0.250. The molecule has 0 spiro atoms. The molecule has 7 heteroatoms. The summed E-state index contributed by atoms with van der Waals surface area (Å²) < 4.78 is 45.0. The zero-order valence-electron chi connectivity index (χ0n) is 11.9. The predicted octanol–water partition coefficient (Wildman–Crippen LogP) is 3.62. The molecule has 2 aromatic heterocycles. The minimum Gasteiger partial charge on any atom is -0.437 e. The second-order valence-electron chi connectivity index (χ2n) is 5.49. The topological polar surface area (TPSA) is 48.0 Å². The lowest BCUT2D eigenvalue weighted by Gasteiger charge is -2.06. The molecule has 0 bridgehead atoms. The molecule has 3 aromatic rings. The number of rotatable bonds is 1. The van der Waals surface area contributed by atoms with Gasteiger partial charge in [-0.2, -0.15) is 18.2 Å². The van der Waals surface area contributed by atoms with E-state index in [9.17, 15) is 18.0 Å². The average molecular weight is 320 g/mol. The number of hydrogen-bond donors (Lipinski definition) is 0. The first-order chi connectivity index (χ1) is 10.9. The minimum atomic E-state index is -4.38. The lowest BCUT2D eigenvalue weighted by Crippen LogP contribution is -2.20. The van der Waals surface area contributed by atoms with Gasteiger partial charge in [-0.15, -0.1) is 0 Å². The summed E-state index contributed by atoms with van der Waals surface area (Å²) in [6.07, 6.45) is -2.78. The van der Waals surface area contributed by atoms with Crippen LogP contribution in [-0.4, -0.2) is 9.55 Å². The number of benzene rings is 1. The third-order valence-corrected chi connectivity index (χ3v) is 4.01. The molecule has 118 valence electrons. The summed E-state index contributed by atoms with van der Waals surface area (Å²) in [6, 6.07) is 6.17. The van der Waals surface area contributed by atoms with Crippen LogP contribution >= 0.6 is 0 Å². The number of aromatic nitrogens is 2. The van der Waals surface area contributed by atoms with E-state index in [1.54, 1.807) is 10.6 Å². The lowest BCUT2D eigenvalue weighted by molar-refractivity contribution is -0.137. The Balaban J connectivity index is 1.81. The van der Waals surface area contributed by atoms with Crippen molar-refractivity contribution in [2.75, 3.05) is 0 Å². The van der Waals surface area contributed by atoms with Crippen LogP contribution in [0.4, 0.5) is 13.2 Å². The van der Waals surface area contributed by atoms with Crippen molar-refractivity contribution in [3.05, 3.63) is 52.1 Å². The molecule has 4 rings (SSSR count). The van der Waals surface area contributed by atoms with Crippen LogP contribution in [-0.2, 0) is 19.1 Å². The Morgan fingerprint density at radius 1 is 1.17 bits per heavy atom. The van der Waals surface area contributed by atoms with E-state index in [2.05, 4.69) is 4.98 Å². The van der Waals surface area contributed by atoms with Crippen molar-refractivity contribution >= 4 is 11.1 Å². The van der Waals surface area contributed by atoms with Crippen LogP contribution < -0.4 is 5.56 Å². The van der Waals surface area contributed by atoms with Crippen molar-refractivity contribution in [2.45, 2.75) is 25.6 Å². The molecule has 0 radical (unpaired) electrons. The highest BCUT2D eigenvalue weighted by Crippen LogP contribution is 2.32. The highest BCUT2D eigenvalue weighted by atomic mass is 19.4. The van der Waals surface area contributed by atoms with E-state index in [-0.39, 0.29) is 11.3 Å². The molecule has 3 heterocycles. The van der Waals surface area contributed by atoms with E-state index >= 15 is 0 Å². The molecular formula is C16H11F3N2O2. The molecule has 0 unspecified atom stereocenters. The summed E-state index contributed by atoms with van der Waals surface area (Å²) in [6.45, 7) is 0.637. The van der Waals surface area contributed by atoms with Gasteiger partial charge in [-0.25, -0.2) is 0 Å². The van der Waals surface area contributed by atoms with Gasteiger partial charge in [0.2, 0.25) is 5.71 Å². The van der Waals surface area contributed by atoms with Crippen molar-refractivity contribution in [3.63, 3.8) is 0 Å². The van der Waals surface area contributed by atoms with Crippen LogP contribution in [0.1, 0.15) is 17.8 Å². The quantitative estimate of drug-likeness (QED) is 0.688. The third-order valence-electron chi connectivity index (χ3n) is 4.01. The molecule has 0 aliphatic carbocycles. The molecule has 1 aliphatic rings. The number of nitrogens with zero attached hydrogens (tertiary/aromatic N) is 2. The van der Waals surface area contributed by atoms with Gasteiger partial charge >= 0.3 is 6.18 Å². The Hall–Kier alpha value is -2.57. The largest absolute Gasteiger partial charge is 0.437 e. The Morgan fingerprint density at radius 2 is 1.91 bits per heavy atom. The van der Waals surface area contributed by atoms with Gasteiger partial charge in [-0.05, 0) is 24.6 Å². The number of hydrogen-bond acceptors (Lipinski definition) is 3. The molecule has 0 N–H and O–H groups in total. The third kappa shape index (κ3) is 2.23. The SMILES string of the molecule is O=c1c2cc(-c3ccc(C(F)(F)F)cc3)oc2nc2n1CCC2. The van der Waals surface area contributed by atoms with Crippen LogP contribution in [0, 0.1) is 0 Å². The van der Waals surface area contributed by atoms with Gasteiger partial charge in [0.25, 0.3) is 5.56 Å². The van der Waals surface area contributed by atoms with Crippen molar-refractivity contribution in [1.29, 1.82) is 0 Å². The summed E-state index contributed by atoms with van der Waals surface area (Å²) in [5, 5.41) is 0.352. The monoisotopic (exact) mass is 320 g/mol. The van der Waals surface area contributed by atoms with Gasteiger partial charge in [0.05, 0.1) is 5.56 Å². The van der Waals surface area contributed by atoms with Crippen molar-refractivity contribution < 1.29 is 17.6 Å². The first-order valence-electron chi connectivity index (χ1n) is 7.14. The van der Waals surface area contributed by atoms with Crippen LogP contribution in [0.5, 0.6) is 0 Å². The molecule has 0 saturated heterocycles. The van der Waals surface area contributed by atoms with E-state index < -0.39 is 11.7 Å². The smallest absolute Gasteiger partial charge is 0.416 e. The molecule has 0 saturated carbocycles. The number of aryl methyl sites for hydroxylation is 1. The van der Waals surface area contributed by atoms with Crippen molar-refractivity contribution in [3.8, 4) is 11.3 Å². The highest BCUT2D eigenvalue weighted by molar-refractivity contribution is 5.79. The molecule has 23 heavy (non-hydrogen) atoms. The maximum atomic E-state index is 12.6. The fourth-order valence-corrected chi connectivity index (χ4v) is 2.84. The van der Waals surface area contributed by atoms with Crippen LogP contribution in [0.3, 0.4) is 0 Å². The molecule has 0 atom stereocenters. The standard InChI is InChI=1S/C16H11F3N2O2/c17-16(18,19)10-5-3-9(4-6-10)12-8-11-14(23-12)20-13-2-1-7-21(13)15(11)22/h3-6,8H,1-2,7H2. The zero-order valence-corrected chi connectivity index (χ0v) is 11.9. The van der Waals surface area contributed by atoms with Gasteiger partial charge in [0.15, 0.2) is 0 Å². The maximum absolute atomic E-state index is 12.6. The highest BCUT2D eigenvalue weighted by Gasteiger charge is 2.30. The Labute approximate surface area is 128 Å². The van der Waals surface area contributed by atoms with Gasteiger partial charge < -0.3 is 4.42 Å². The Bertz CT molecular complexity index is 952. The number of furan rings is 1. The zero-order chi connectivity index (χ0) is 16.2. The molecule has 1 aromatic carbocycles. The van der Waals surface area contributed by atoms with Crippen LogP contribution in [0.25, 0.3) is 22.4 Å². The number of fused-ring (bicyclic) bond motifs is 2. The van der Waals surface area contributed by atoms with Crippen molar-refractivity contribution in [2.24, 2.45) is 0 Å². The second kappa shape index (κ2) is 4.71. The first kappa shape index (κ1) is 14.0. The molecule has 1 aliphatic heterocycles. The molecule has 0 fully saturated rings. The fourth-order valence-electron chi connectivity index (χ4n) is 2.84. The average Bonchev–Trinajstić information content (AvgIpc) is 3.13. The van der Waals surface area contributed by atoms with Crippen LogP contribution in [0.15, 0.2) is 39.5 Å². The summed E-state index contributed by atoms with van der Waals surface area (Å²) >= 11 is 0. The van der Waals surface area contributed by atoms with Crippen molar-refractivity contribution in [1.82, 2.24) is 9.55 Å².